The summed E-state index contributed by atoms with van der Waals surface area (Å²) in [5.41, 5.74) is 12.5. The van der Waals surface area contributed by atoms with E-state index < -0.39 is 0 Å². The Hall–Kier alpha value is -1.06. The van der Waals surface area contributed by atoms with E-state index in [1.807, 2.05) is 6.08 Å². The minimum absolute atomic E-state index is 0.0714. The van der Waals surface area contributed by atoms with Crippen molar-refractivity contribution in [1.82, 2.24) is 10.4 Å². The van der Waals surface area contributed by atoms with E-state index in [0.717, 1.165) is 0 Å². The second kappa shape index (κ2) is 4.56. The molecule has 0 bridgehead atoms. The van der Waals surface area contributed by atoms with Gasteiger partial charge < -0.3 is 5.73 Å². The maximum Gasteiger partial charge on any atom is 0.0619 e. The molecule has 100 valence electrons. The minimum Gasteiger partial charge on any atom is -0.324 e. The third-order valence-electron chi connectivity index (χ3n) is 4.25. The predicted octanol–water partition coefficient (Wildman–Crippen LogP) is 2.54. The Bertz CT molecular complexity index is 417. The summed E-state index contributed by atoms with van der Waals surface area (Å²) in [6.45, 7) is 11.1. The third-order valence-corrected chi connectivity index (χ3v) is 4.25. The van der Waals surface area contributed by atoms with Gasteiger partial charge in [0.15, 0.2) is 0 Å². The number of rotatable bonds is 3. The molecule has 0 saturated carbocycles. The van der Waals surface area contributed by atoms with Crippen LogP contribution in [0.15, 0.2) is 35.7 Å². The SMILES string of the molecule is CC(C)C(N)C1=C2C=CC=CN2N[C@@]1(C)C(C)C. The maximum atomic E-state index is 6.46. The molecule has 0 amide bonds. The number of allylic oxidation sites excluding steroid dienone is 3. The van der Waals surface area contributed by atoms with E-state index in [-0.39, 0.29) is 11.6 Å². The maximum absolute atomic E-state index is 6.46. The minimum atomic E-state index is -0.0714. The fourth-order valence-electron chi connectivity index (χ4n) is 2.63. The average Bonchev–Trinajstić information content (AvgIpc) is 2.61. The van der Waals surface area contributed by atoms with Crippen molar-refractivity contribution in [2.24, 2.45) is 17.6 Å². The molecule has 0 aliphatic carbocycles. The van der Waals surface area contributed by atoms with Crippen molar-refractivity contribution in [2.45, 2.75) is 46.2 Å². The fraction of sp³-hybridized carbons (Fsp3) is 0.600. The van der Waals surface area contributed by atoms with Crippen LogP contribution in [0, 0.1) is 11.8 Å². The Morgan fingerprint density at radius 2 is 1.89 bits per heavy atom. The van der Waals surface area contributed by atoms with E-state index in [0.29, 0.717) is 11.8 Å². The first-order valence-electron chi connectivity index (χ1n) is 6.80. The molecule has 0 spiro atoms. The van der Waals surface area contributed by atoms with Gasteiger partial charge in [0, 0.05) is 12.2 Å². The van der Waals surface area contributed by atoms with Crippen LogP contribution in [0.4, 0.5) is 0 Å². The highest BCUT2D eigenvalue weighted by Gasteiger charge is 2.44. The molecule has 2 aliphatic rings. The number of nitrogens with two attached hydrogens (primary N) is 1. The van der Waals surface area contributed by atoms with Crippen LogP contribution in [0.1, 0.15) is 34.6 Å². The van der Waals surface area contributed by atoms with Gasteiger partial charge in [-0.15, -0.1) is 0 Å². The zero-order valence-electron chi connectivity index (χ0n) is 12.1. The number of hydrogen-bond acceptors (Lipinski definition) is 3. The van der Waals surface area contributed by atoms with Crippen LogP contribution < -0.4 is 11.2 Å². The topological polar surface area (TPSA) is 41.3 Å². The van der Waals surface area contributed by atoms with Gasteiger partial charge >= 0.3 is 0 Å². The van der Waals surface area contributed by atoms with Crippen molar-refractivity contribution < 1.29 is 0 Å². The normalized spacial score (nSPS) is 28.6. The van der Waals surface area contributed by atoms with Crippen LogP contribution in [0.3, 0.4) is 0 Å². The van der Waals surface area contributed by atoms with Crippen molar-refractivity contribution in [1.29, 1.82) is 0 Å². The Morgan fingerprint density at radius 3 is 2.44 bits per heavy atom. The van der Waals surface area contributed by atoms with Crippen molar-refractivity contribution >= 4 is 0 Å². The molecule has 0 aromatic rings. The van der Waals surface area contributed by atoms with Crippen LogP contribution >= 0.6 is 0 Å². The van der Waals surface area contributed by atoms with E-state index in [2.05, 4.69) is 63.4 Å². The standard InChI is InChI=1S/C15H25N3/c1-10(2)14(16)13-12-8-6-7-9-18(12)17-15(13,5)11(3)4/h6-11,14,17H,16H2,1-5H3/t14?,15-/m0/s1. The zero-order chi connectivity index (χ0) is 13.5. The quantitative estimate of drug-likeness (QED) is 0.805. The molecular weight excluding hydrogens is 222 g/mol. The highest BCUT2D eigenvalue weighted by Crippen LogP contribution is 2.39. The molecule has 0 fully saturated rings. The molecule has 2 aliphatic heterocycles. The number of fused-ring (bicyclic) bond motifs is 1. The first kappa shape index (κ1) is 13.4. The number of nitrogens with zero attached hydrogens (tertiary/aromatic N) is 1. The molecule has 2 atom stereocenters. The Kier molecular flexibility index (Phi) is 3.39. The summed E-state index contributed by atoms with van der Waals surface area (Å²) >= 11 is 0. The predicted molar refractivity (Wildman–Crippen MR) is 76.3 cm³/mol. The number of nitrogens with one attached hydrogen (secondary N) is 1. The second-order valence-corrected chi connectivity index (χ2v) is 6.11. The van der Waals surface area contributed by atoms with E-state index >= 15 is 0 Å². The lowest BCUT2D eigenvalue weighted by atomic mass is 9.76. The summed E-state index contributed by atoms with van der Waals surface area (Å²) in [6.07, 6.45) is 8.34. The molecular formula is C15H25N3. The molecule has 3 N–H and O–H groups in total. The third kappa shape index (κ3) is 1.91. The fourth-order valence-corrected chi connectivity index (χ4v) is 2.63. The van der Waals surface area contributed by atoms with E-state index in [1.54, 1.807) is 0 Å². The largest absolute Gasteiger partial charge is 0.324 e. The molecule has 3 heteroatoms. The highest BCUT2D eigenvalue weighted by molar-refractivity contribution is 5.44. The van der Waals surface area contributed by atoms with Crippen LogP contribution in [0.5, 0.6) is 0 Å². The van der Waals surface area contributed by atoms with Gasteiger partial charge in [-0.05, 0) is 36.5 Å². The summed E-state index contributed by atoms with van der Waals surface area (Å²) in [7, 11) is 0. The first-order chi connectivity index (χ1) is 8.38. The summed E-state index contributed by atoms with van der Waals surface area (Å²) in [5.74, 6) is 0.920. The second-order valence-electron chi connectivity index (χ2n) is 6.11. The van der Waals surface area contributed by atoms with Crippen molar-refractivity contribution in [3.63, 3.8) is 0 Å². The monoisotopic (exact) mass is 247 g/mol. The Morgan fingerprint density at radius 1 is 1.22 bits per heavy atom. The average molecular weight is 247 g/mol. The lowest BCUT2D eigenvalue weighted by Crippen LogP contribution is -2.52. The Labute approximate surface area is 110 Å². The summed E-state index contributed by atoms with van der Waals surface area (Å²) < 4.78 is 0. The van der Waals surface area contributed by atoms with Gasteiger partial charge in [0.05, 0.1) is 11.2 Å². The molecule has 2 heterocycles. The van der Waals surface area contributed by atoms with Gasteiger partial charge in [-0.3, -0.25) is 5.01 Å². The first-order valence-corrected chi connectivity index (χ1v) is 6.80. The highest BCUT2D eigenvalue weighted by atomic mass is 15.6. The molecule has 0 radical (unpaired) electrons. The smallest absolute Gasteiger partial charge is 0.0619 e. The molecule has 0 saturated heterocycles. The van der Waals surface area contributed by atoms with Crippen molar-refractivity contribution in [3.05, 3.63) is 35.7 Å². The number of hydrazine groups is 1. The lowest BCUT2D eigenvalue weighted by molar-refractivity contribution is 0.218. The van der Waals surface area contributed by atoms with Crippen molar-refractivity contribution in [3.8, 4) is 0 Å². The number of hydrogen-bond donors (Lipinski definition) is 2. The van der Waals surface area contributed by atoms with Gasteiger partial charge in [-0.1, -0.05) is 33.8 Å². The van der Waals surface area contributed by atoms with Crippen LogP contribution in [-0.4, -0.2) is 16.6 Å². The van der Waals surface area contributed by atoms with Gasteiger partial charge in [-0.2, -0.15) is 0 Å². The molecule has 0 aromatic carbocycles. The summed E-state index contributed by atoms with van der Waals surface area (Å²) in [5, 5.41) is 2.11. The molecule has 3 nitrogen and oxygen atoms in total. The van der Waals surface area contributed by atoms with Gasteiger partial charge in [0.25, 0.3) is 0 Å². The zero-order valence-corrected chi connectivity index (χ0v) is 12.1. The van der Waals surface area contributed by atoms with Crippen LogP contribution in [-0.2, 0) is 0 Å². The van der Waals surface area contributed by atoms with E-state index in [1.165, 1.54) is 11.3 Å². The van der Waals surface area contributed by atoms with Crippen molar-refractivity contribution in [2.75, 3.05) is 0 Å². The lowest BCUT2D eigenvalue weighted by Gasteiger charge is -2.36. The summed E-state index contributed by atoms with van der Waals surface area (Å²) in [4.78, 5) is 0. The molecule has 1 unspecified atom stereocenters. The van der Waals surface area contributed by atoms with Gasteiger partial charge in [0.2, 0.25) is 0 Å². The van der Waals surface area contributed by atoms with E-state index in [9.17, 15) is 0 Å². The van der Waals surface area contributed by atoms with Gasteiger partial charge in [-0.25, -0.2) is 5.43 Å². The van der Waals surface area contributed by atoms with Crippen LogP contribution in [0.2, 0.25) is 0 Å². The molecule has 2 rings (SSSR count). The molecule has 0 aromatic heterocycles. The summed E-state index contributed by atoms with van der Waals surface area (Å²) in [6, 6.07) is 0.0843. The Balaban J connectivity index is 2.51. The van der Waals surface area contributed by atoms with Gasteiger partial charge in [0.1, 0.15) is 0 Å². The van der Waals surface area contributed by atoms with Crippen LogP contribution in [0.25, 0.3) is 0 Å². The molecule has 18 heavy (non-hydrogen) atoms. The van der Waals surface area contributed by atoms with E-state index in [4.69, 9.17) is 5.73 Å².